The lowest BCUT2D eigenvalue weighted by Gasteiger charge is -1.97. The monoisotopic (exact) mass is 221 g/mol. The second-order valence-corrected chi connectivity index (χ2v) is 3.94. The van der Waals surface area contributed by atoms with Gasteiger partial charge in [0.25, 0.3) is 0 Å². The number of H-pyrrole nitrogens is 1. The summed E-state index contributed by atoms with van der Waals surface area (Å²) in [6, 6.07) is 10.2. The Bertz CT molecular complexity index is 438. The molecule has 0 saturated carbocycles. The average Bonchev–Trinajstić information content (AvgIpc) is 2.60. The number of nitrogens with one attached hydrogen (secondary N) is 1. The van der Waals surface area contributed by atoms with Gasteiger partial charge in [0.2, 0.25) is 0 Å². The van der Waals surface area contributed by atoms with E-state index in [4.69, 9.17) is 5.73 Å². The second kappa shape index (κ2) is 4.35. The number of thioether (sulfide) groups is 1. The first-order valence-electron chi connectivity index (χ1n) is 4.63. The van der Waals surface area contributed by atoms with Crippen LogP contribution < -0.4 is 10.4 Å². The fourth-order valence-electron chi connectivity index (χ4n) is 1.40. The van der Waals surface area contributed by atoms with Crippen LogP contribution in [0.25, 0.3) is 0 Å². The maximum absolute atomic E-state index is 5.61. The highest BCUT2D eigenvalue weighted by Gasteiger charge is 2.16. The number of rotatable bonds is 3. The zero-order valence-corrected chi connectivity index (χ0v) is 9.29. The molecule has 1 aromatic carbocycles. The topological polar surface area (TPSA) is 58.6 Å². The summed E-state index contributed by atoms with van der Waals surface area (Å²) in [5, 5.41) is 3.91. The molecule has 0 unspecified atom stereocenters. The van der Waals surface area contributed by atoms with E-state index in [0.717, 1.165) is 11.7 Å². The highest BCUT2D eigenvalue weighted by molar-refractivity contribution is 7.98. The van der Waals surface area contributed by atoms with E-state index in [-0.39, 0.29) is 0 Å². The quantitative estimate of drug-likeness (QED) is 0.601. The lowest BCUT2D eigenvalue weighted by molar-refractivity contribution is -0.777. The zero-order valence-electron chi connectivity index (χ0n) is 8.47. The summed E-state index contributed by atoms with van der Waals surface area (Å²) in [5.41, 5.74) is 6.83. The van der Waals surface area contributed by atoms with Crippen molar-refractivity contribution in [3.8, 4) is 0 Å². The second-order valence-electron chi connectivity index (χ2n) is 3.17. The Kier molecular flexibility index (Phi) is 2.91. The van der Waals surface area contributed by atoms with Gasteiger partial charge in [0.15, 0.2) is 0 Å². The number of nitrogen functional groups attached to an aromatic ring is 1. The molecule has 1 heterocycles. The number of hydrogen-bond donors (Lipinski definition) is 2. The normalized spacial score (nSPS) is 10.5. The third kappa shape index (κ3) is 2.30. The Labute approximate surface area is 92.5 Å². The summed E-state index contributed by atoms with van der Waals surface area (Å²) in [4.78, 5) is 4.17. The molecule has 2 aromatic rings. The summed E-state index contributed by atoms with van der Waals surface area (Å²) < 4.78 is 1.94. The lowest BCUT2D eigenvalue weighted by Crippen LogP contribution is -2.38. The largest absolute Gasteiger partial charge is 0.382 e. The minimum atomic E-state index is 0.454. The predicted molar refractivity (Wildman–Crippen MR) is 60.5 cm³/mol. The van der Waals surface area contributed by atoms with Crippen LogP contribution in [0.15, 0.2) is 35.5 Å². The smallest absolute Gasteiger partial charge is 0.345 e. The van der Waals surface area contributed by atoms with E-state index >= 15 is 0 Å². The summed E-state index contributed by atoms with van der Waals surface area (Å²) >= 11 is 1.58. The number of nitrogens with two attached hydrogens (primary N) is 1. The van der Waals surface area contributed by atoms with E-state index in [2.05, 4.69) is 22.2 Å². The maximum Gasteiger partial charge on any atom is 0.382 e. The van der Waals surface area contributed by atoms with Crippen LogP contribution in [0.5, 0.6) is 0 Å². The molecule has 0 amide bonds. The van der Waals surface area contributed by atoms with Crippen molar-refractivity contribution < 1.29 is 4.68 Å². The van der Waals surface area contributed by atoms with Gasteiger partial charge in [0, 0.05) is 4.98 Å². The first-order chi connectivity index (χ1) is 7.29. The molecular formula is C10H13N4S+. The van der Waals surface area contributed by atoms with Crippen LogP contribution >= 0.6 is 11.8 Å². The van der Waals surface area contributed by atoms with Crippen molar-refractivity contribution in [1.29, 1.82) is 0 Å². The highest BCUT2D eigenvalue weighted by Crippen LogP contribution is 2.07. The molecule has 4 nitrogen and oxygen atoms in total. The molecule has 0 fully saturated rings. The molecule has 0 bridgehead atoms. The van der Waals surface area contributed by atoms with E-state index in [1.807, 2.05) is 29.1 Å². The van der Waals surface area contributed by atoms with Gasteiger partial charge in [-0.1, -0.05) is 30.3 Å². The minimum absolute atomic E-state index is 0.454. The van der Waals surface area contributed by atoms with Crippen molar-refractivity contribution >= 4 is 17.7 Å². The van der Waals surface area contributed by atoms with E-state index in [1.165, 1.54) is 5.56 Å². The first-order valence-corrected chi connectivity index (χ1v) is 5.85. The van der Waals surface area contributed by atoms with Gasteiger partial charge in [-0.15, -0.1) is 4.68 Å². The van der Waals surface area contributed by atoms with E-state index in [1.54, 1.807) is 11.8 Å². The van der Waals surface area contributed by atoms with Crippen molar-refractivity contribution in [1.82, 2.24) is 10.1 Å². The van der Waals surface area contributed by atoms with Crippen LogP contribution in [0.1, 0.15) is 5.56 Å². The molecule has 5 heteroatoms. The van der Waals surface area contributed by atoms with Gasteiger partial charge < -0.3 is 5.73 Å². The van der Waals surface area contributed by atoms with E-state index in [9.17, 15) is 0 Å². The molecular weight excluding hydrogens is 208 g/mol. The minimum Gasteiger partial charge on any atom is -0.345 e. The van der Waals surface area contributed by atoms with Gasteiger partial charge in [-0.3, -0.25) is 0 Å². The molecule has 3 N–H and O–H groups in total. The molecule has 2 rings (SSSR count). The fourth-order valence-corrected chi connectivity index (χ4v) is 1.92. The van der Waals surface area contributed by atoms with Crippen molar-refractivity contribution in [2.24, 2.45) is 0 Å². The predicted octanol–water partition coefficient (Wildman–Crippen LogP) is 1.05. The van der Waals surface area contributed by atoms with Gasteiger partial charge in [0.1, 0.15) is 6.54 Å². The zero-order chi connectivity index (χ0) is 10.7. The van der Waals surface area contributed by atoms with Crippen LogP contribution in [0.3, 0.4) is 0 Å². The molecule has 78 valence electrons. The molecule has 0 atom stereocenters. The first kappa shape index (κ1) is 10.0. The van der Waals surface area contributed by atoms with Crippen molar-refractivity contribution in [3.05, 3.63) is 35.9 Å². The van der Waals surface area contributed by atoms with E-state index < -0.39 is 0 Å². The van der Waals surface area contributed by atoms with Crippen LogP contribution in [-0.2, 0) is 6.54 Å². The number of hydrogen-bond acceptors (Lipinski definition) is 3. The number of nitrogens with zero attached hydrogens (tertiary/aromatic N) is 2. The highest BCUT2D eigenvalue weighted by atomic mass is 32.2. The summed E-state index contributed by atoms with van der Waals surface area (Å²) in [5.74, 6) is 0.454. The number of aromatic amines is 1. The summed E-state index contributed by atoms with van der Waals surface area (Å²) in [6.07, 6.45) is 1.98. The Morgan fingerprint density at radius 2 is 2.13 bits per heavy atom. The Morgan fingerprint density at radius 3 is 2.80 bits per heavy atom. The van der Waals surface area contributed by atoms with Gasteiger partial charge in [-0.25, -0.2) is 0 Å². The van der Waals surface area contributed by atoms with E-state index in [0.29, 0.717) is 5.95 Å². The van der Waals surface area contributed by atoms with Crippen LogP contribution in [0, 0.1) is 0 Å². The summed E-state index contributed by atoms with van der Waals surface area (Å²) in [7, 11) is 0. The number of anilines is 1. The number of benzene rings is 1. The third-order valence-corrected chi connectivity index (χ3v) is 2.74. The van der Waals surface area contributed by atoms with Crippen LogP contribution in [-0.4, -0.2) is 16.3 Å². The van der Waals surface area contributed by atoms with Crippen LogP contribution in [0.2, 0.25) is 0 Å². The Morgan fingerprint density at radius 1 is 1.40 bits per heavy atom. The maximum atomic E-state index is 5.61. The van der Waals surface area contributed by atoms with Gasteiger partial charge in [-0.2, -0.15) is 5.10 Å². The Hall–Kier alpha value is -1.49. The summed E-state index contributed by atoms with van der Waals surface area (Å²) in [6.45, 7) is 0.765. The van der Waals surface area contributed by atoms with Crippen LogP contribution in [0.4, 0.5) is 5.95 Å². The molecule has 0 radical (unpaired) electrons. The molecule has 15 heavy (non-hydrogen) atoms. The van der Waals surface area contributed by atoms with Crippen molar-refractivity contribution in [2.45, 2.75) is 11.7 Å². The molecule has 0 saturated heterocycles. The lowest BCUT2D eigenvalue weighted by atomic mass is 10.2. The SMILES string of the molecule is CSc1nc(N)[nH][n+]1Cc1ccccc1. The van der Waals surface area contributed by atoms with Gasteiger partial charge >= 0.3 is 11.1 Å². The molecule has 0 aliphatic carbocycles. The van der Waals surface area contributed by atoms with Gasteiger partial charge in [0.05, 0.1) is 0 Å². The fraction of sp³-hybridized carbons (Fsp3) is 0.200. The molecule has 0 aliphatic heterocycles. The molecule has 0 spiro atoms. The average molecular weight is 221 g/mol. The van der Waals surface area contributed by atoms with Crippen molar-refractivity contribution in [2.75, 3.05) is 12.0 Å². The molecule has 1 aromatic heterocycles. The van der Waals surface area contributed by atoms with Crippen molar-refractivity contribution in [3.63, 3.8) is 0 Å². The Balaban J connectivity index is 2.24. The number of aromatic nitrogens is 3. The van der Waals surface area contributed by atoms with Gasteiger partial charge in [-0.05, 0) is 23.6 Å². The standard InChI is InChI=1S/C10H12N4S/c1-15-10-12-9(11)13-14(10)7-8-5-3-2-4-6-8/h2-6H,7H2,1H3,(H2,11,13)/p+1. The molecule has 0 aliphatic rings. The third-order valence-electron chi connectivity index (χ3n) is 2.06.